The zero-order valence-electron chi connectivity index (χ0n) is 18.7. The van der Waals surface area contributed by atoms with Crippen LogP contribution in [0.4, 0.5) is 10.5 Å². The van der Waals surface area contributed by atoms with Crippen molar-refractivity contribution in [2.45, 2.75) is 6.92 Å². The lowest BCUT2D eigenvalue weighted by atomic mass is 10.1. The molecule has 0 bridgehead atoms. The van der Waals surface area contributed by atoms with Gasteiger partial charge in [-0.15, -0.1) is 0 Å². The first-order valence-electron chi connectivity index (χ1n) is 10.4. The van der Waals surface area contributed by atoms with E-state index in [0.29, 0.717) is 21.3 Å². The molecule has 8 nitrogen and oxygen atoms in total. The van der Waals surface area contributed by atoms with Crippen LogP contribution >= 0.6 is 15.9 Å². The van der Waals surface area contributed by atoms with Crippen molar-refractivity contribution in [2.75, 3.05) is 12.0 Å². The van der Waals surface area contributed by atoms with Crippen LogP contribution in [-0.2, 0) is 9.59 Å². The van der Waals surface area contributed by atoms with Crippen LogP contribution in [0, 0.1) is 6.92 Å². The van der Waals surface area contributed by atoms with Gasteiger partial charge in [-0.2, -0.15) is 0 Å². The van der Waals surface area contributed by atoms with Crippen LogP contribution in [0.5, 0.6) is 11.5 Å². The summed E-state index contributed by atoms with van der Waals surface area (Å²) in [6.45, 7) is 1.90. The summed E-state index contributed by atoms with van der Waals surface area (Å²) >= 11 is 3.35. The summed E-state index contributed by atoms with van der Waals surface area (Å²) in [5, 5.41) is 2.17. The number of halogens is 1. The molecule has 1 N–H and O–H groups in total. The molecule has 35 heavy (non-hydrogen) atoms. The Balaban J connectivity index is 1.69. The minimum absolute atomic E-state index is 0.139. The molecule has 0 unspecified atom stereocenters. The Morgan fingerprint density at radius 1 is 0.971 bits per heavy atom. The number of amides is 4. The Labute approximate surface area is 209 Å². The Morgan fingerprint density at radius 3 is 2.31 bits per heavy atom. The number of aryl methyl sites for hydroxylation is 1. The van der Waals surface area contributed by atoms with Gasteiger partial charge in [0, 0.05) is 10.0 Å². The maximum atomic E-state index is 13.2. The predicted molar refractivity (Wildman–Crippen MR) is 132 cm³/mol. The molecule has 1 aliphatic heterocycles. The molecule has 0 aliphatic carbocycles. The van der Waals surface area contributed by atoms with Crippen LogP contribution in [0.15, 0.2) is 76.8 Å². The van der Waals surface area contributed by atoms with Crippen LogP contribution in [0.2, 0.25) is 0 Å². The first kappa shape index (κ1) is 23.9. The van der Waals surface area contributed by atoms with E-state index in [4.69, 9.17) is 9.47 Å². The standard InChI is InChI=1S/C26H19BrN2O6/c1-15-3-5-16(6-4-15)25(32)35-22-12-7-18(27)13-17(22)14-21-23(30)28-26(33)29(24(21)31)19-8-10-20(34-2)11-9-19/h3-14H,1-2H3,(H,28,30,33)/b21-14-. The van der Waals surface area contributed by atoms with Gasteiger partial charge in [0.25, 0.3) is 11.8 Å². The highest BCUT2D eigenvalue weighted by Gasteiger charge is 2.37. The quantitative estimate of drug-likeness (QED) is 0.221. The second-order valence-electron chi connectivity index (χ2n) is 7.59. The molecule has 4 rings (SSSR count). The van der Waals surface area contributed by atoms with Crippen molar-refractivity contribution in [3.63, 3.8) is 0 Å². The molecule has 0 atom stereocenters. The third-order valence-electron chi connectivity index (χ3n) is 5.19. The number of hydrogen-bond donors (Lipinski definition) is 1. The fraction of sp³-hybridized carbons (Fsp3) is 0.0769. The highest BCUT2D eigenvalue weighted by atomic mass is 79.9. The fourth-order valence-corrected chi connectivity index (χ4v) is 3.73. The first-order chi connectivity index (χ1) is 16.8. The minimum Gasteiger partial charge on any atom is -0.497 e. The summed E-state index contributed by atoms with van der Waals surface area (Å²) in [5.74, 6) is -1.60. The number of ether oxygens (including phenoxy) is 2. The summed E-state index contributed by atoms with van der Waals surface area (Å²) in [4.78, 5) is 51.7. The summed E-state index contributed by atoms with van der Waals surface area (Å²) in [7, 11) is 1.49. The fourth-order valence-electron chi connectivity index (χ4n) is 3.35. The topological polar surface area (TPSA) is 102 Å². The lowest BCUT2D eigenvalue weighted by molar-refractivity contribution is -0.122. The Morgan fingerprint density at radius 2 is 1.66 bits per heavy atom. The minimum atomic E-state index is -0.873. The number of carbonyl (C=O) groups excluding carboxylic acids is 4. The van der Waals surface area contributed by atoms with E-state index in [1.165, 1.54) is 25.3 Å². The summed E-state index contributed by atoms with van der Waals surface area (Å²) in [5.41, 5.74) is 1.59. The molecule has 3 aromatic rings. The van der Waals surface area contributed by atoms with Gasteiger partial charge < -0.3 is 9.47 Å². The number of anilines is 1. The molecule has 0 aromatic heterocycles. The normalized spacial score (nSPS) is 14.7. The Bertz CT molecular complexity index is 1360. The van der Waals surface area contributed by atoms with Crippen LogP contribution in [-0.4, -0.2) is 30.9 Å². The summed E-state index contributed by atoms with van der Waals surface area (Å²) < 4.78 is 11.3. The second kappa shape index (κ2) is 9.94. The largest absolute Gasteiger partial charge is 0.497 e. The van der Waals surface area contributed by atoms with E-state index in [1.807, 2.05) is 6.92 Å². The lowest BCUT2D eigenvalue weighted by Gasteiger charge is -2.26. The van der Waals surface area contributed by atoms with Gasteiger partial charge in [0.15, 0.2) is 0 Å². The van der Waals surface area contributed by atoms with E-state index >= 15 is 0 Å². The van der Waals surface area contributed by atoms with E-state index in [2.05, 4.69) is 21.2 Å². The van der Waals surface area contributed by atoms with Crippen LogP contribution in [0.3, 0.4) is 0 Å². The number of rotatable bonds is 5. The van der Waals surface area contributed by atoms with Crippen molar-refractivity contribution >= 4 is 51.5 Å². The molecule has 1 heterocycles. The summed E-state index contributed by atoms with van der Waals surface area (Å²) in [6, 6.07) is 17.0. The molecule has 1 fully saturated rings. The zero-order valence-corrected chi connectivity index (χ0v) is 20.3. The average molecular weight is 535 g/mol. The van der Waals surface area contributed by atoms with E-state index in [-0.39, 0.29) is 17.0 Å². The number of urea groups is 1. The Kier molecular flexibility index (Phi) is 6.79. The number of esters is 1. The third kappa shape index (κ3) is 5.15. The molecule has 0 saturated carbocycles. The van der Waals surface area contributed by atoms with Crippen LogP contribution in [0.25, 0.3) is 6.08 Å². The zero-order chi connectivity index (χ0) is 25.1. The second-order valence-corrected chi connectivity index (χ2v) is 8.51. The van der Waals surface area contributed by atoms with Gasteiger partial charge in [-0.25, -0.2) is 14.5 Å². The lowest BCUT2D eigenvalue weighted by Crippen LogP contribution is -2.54. The average Bonchev–Trinajstić information content (AvgIpc) is 2.84. The third-order valence-corrected chi connectivity index (χ3v) is 5.69. The van der Waals surface area contributed by atoms with Gasteiger partial charge in [-0.1, -0.05) is 33.6 Å². The number of benzene rings is 3. The highest BCUT2D eigenvalue weighted by Crippen LogP contribution is 2.29. The van der Waals surface area contributed by atoms with Crippen molar-refractivity contribution < 1.29 is 28.7 Å². The number of nitrogens with one attached hydrogen (secondary N) is 1. The van der Waals surface area contributed by atoms with Crippen molar-refractivity contribution in [2.24, 2.45) is 0 Å². The smallest absolute Gasteiger partial charge is 0.343 e. The first-order valence-corrected chi connectivity index (χ1v) is 11.2. The number of imide groups is 2. The van der Waals surface area contributed by atoms with Gasteiger partial charge in [0.05, 0.1) is 18.4 Å². The molecule has 1 saturated heterocycles. The molecule has 0 spiro atoms. The van der Waals surface area contributed by atoms with Gasteiger partial charge in [0.1, 0.15) is 17.1 Å². The van der Waals surface area contributed by atoms with Gasteiger partial charge in [-0.05, 0) is 67.6 Å². The Hall–Kier alpha value is -4.24. The molecule has 9 heteroatoms. The van der Waals surface area contributed by atoms with Gasteiger partial charge in [-0.3, -0.25) is 14.9 Å². The number of methoxy groups -OCH3 is 1. The van der Waals surface area contributed by atoms with Crippen molar-refractivity contribution in [3.8, 4) is 11.5 Å². The number of carbonyl (C=O) groups is 4. The molecule has 4 amide bonds. The van der Waals surface area contributed by atoms with Crippen molar-refractivity contribution in [1.29, 1.82) is 0 Å². The number of barbiturate groups is 1. The van der Waals surface area contributed by atoms with Crippen molar-refractivity contribution in [3.05, 3.63) is 93.5 Å². The molecule has 0 radical (unpaired) electrons. The predicted octanol–water partition coefficient (Wildman–Crippen LogP) is 4.65. The molecular weight excluding hydrogens is 516 g/mol. The summed E-state index contributed by atoms with van der Waals surface area (Å²) in [6.07, 6.45) is 1.28. The van der Waals surface area contributed by atoms with Crippen LogP contribution in [0.1, 0.15) is 21.5 Å². The molecule has 176 valence electrons. The van der Waals surface area contributed by atoms with E-state index in [0.717, 1.165) is 10.5 Å². The van der Waals surface area contributed by atoms with Gasteiger partial charge in [0.2, 0.25) is 0 Å². The monoisotopic (exact) mass is 534 g/mol. The number of hydrogen-bond acceptors (Lipinski definition) is 6. The van der Waals surface area contributed by atoms with Crippen molar-refractivity contribution in [1.82, 2.24) is 5.32 Å². The molecule has 1 aliphatic rings. The number of nitrogens with zero attached hydrogens (tertiary/aromatic N) is 1. The maximum absolute atomic E-state index is 13.2. The van der Waals surface area contributed by atoms with E-state index in [9.17, 15) is 19.2 Å². The molecular formula is C26H19BrN2O6. The van der Waals surface area contributed by atoms with E-state index in [1.54, 1.807) is 54.6 Å². The maximum Gasteiger partial charge on any atom is 0.343 e. The van der Waals surface area contributed by atoms with Gasteiger partial charge >= 0.3 is 12.0 Å². The van der Waals surface area contributed by atoms with Crippen LogP contribution < -0.4 is 19.7 Å². The van der Waals surface area contributed by atoms with E-state index < -0.39 is 23.8 Å². The molecule has 3 aromatic carbocycles. The SMILES string of the molecule is COc1ccc(N2C(=O)NC(=O)/C(=C/c3cc(Br)ccc3OC(=O)c3ccc(C)cc3)C2=O)cc1. The highest BCUT2D eigenvalue weighted by molar-refractivity contribution is 9.10.